The van der Waals surface area contributed by atoms with Crippen molar-refractivity contribution in [3.63, 3.8) is 0 Å². The number of rotatable bonds is 7. The lowest BCUT2D eigenvalue weighted by Gasteiger charge is -2.37. The predicted molar refractivity (Wildman–Crippen MR) is 172 cm³/mol. The Morgan fingerprint density at radius 1 is 0.902 bits per heavy atom. The second-order valence-corrected chi connectivity index (χ2v) is 12.9. The van der Waals surface area contributed by atoms with Crippen LogP contribution in [0.1, 0.15) is 17.5 Å². The number of carbonyl (C=O) groups excluding carboxylic acids is 3. The molecule has 2 saturated heterocycles. The number of non-ortho nitro benzene ring substituents is 2. The van der Waals surface area contributed by atoms with Crippen LogP contribution in [0.5, 0.6) is 0 Å². The fraction of sp³-hybridized carbons (Fsp3) is 0.407. The summed E-state index contributed by atoms with van der Waals surface area (Å²) >= 11 is 4.46. The van der Waals surface area contributed by atoms with E-state index in [-0.39, 0.29) is 74.4 Å². The molecule has 0 aromatic heterocycles. The highest BCUT2D eigenvalue weighted by molar-refractivity contribution is 7.86. The van der Waals surface area contributed by atoms with Crippen LogP contribution in [0, 0.1) is 20.2 Å². The minimum Gasteiger partial charge on any atom is -0.445 e. The van der Waals surface area contributed by atoms with Crippen LogP contribution in [-0.2, 0) is 37.6 Å². The topological polar surface area (TPSA) is 258 Å². The van der Waals surface area contributed by atoms with E-state index < -0.39 is 43.7 Å². The molecule has 24 heteroatoms. The number of likely N-dealkylation sites (tertiary alicyclic amines) is 1. The fourth-order valence-corrected chi connectivity index (χ4v) is 4.99. The first-order valence-corrected chi connectivity index (χ1v) is 16.4. The lowest BCUT2D eigenvalue weighted by atomic mass is 10.1. The maximum Gasteiger partial charge on any atom is 0.522 e. The van der Waals surface area contributed by atoms with Crippen molar-refractivity contribution in [1.29, 1.82) is 0 Å². The fourth-order valence-electron chi connectivity index (χ4n) is 4.61. The Balaban J connectivity index is 0.000000783. The number of hydrogen-bond acceptors (Lipinski definition) is 12. The molecule has 51 heavy (non-hydrogen) atoms. The summed E-state index contributed by atoms with van der Waals surface area (Å²) in [5.74, 6) is -0.338. The van der Waals surface area contributed by atoms with Crippen LogP contribution in [0.2, 0.25) is 0 Å². The van der Waals surface area contributed by atoms with Gasteiger partial charge in [-0.05, 0) is 41.8 Å². The van der Waals surface area contributed by atoms with Gasteiger partial charge in [-0.15, -0.1) is 4.99 Å². The van der Waals surface area contributed by atoms with Gasteiger partial charge in [0.2, 0.25) is 11.9 Å². The molecule has 4 rings (SSSR count). The lowest BCUT2D eigenvalue weighted by molar-refractivity contribution is -0.385. The number of nitrogens with zero attached hydrogens (tertiary/aromatic N) is 6. The molecule has 3 N–H and O–H groups in total. The van der Waals surface area contributed by atoms with Gasteiger partial charge in [0.25, 0.3) is 11.4 Å². The molecule has 3 amide bonds. The molecule has 278 valence electrons. The molecule has 0 spiro atoms. The summed E-state index contributed by atoms with van der Waals surface area (Å²) in [6.07, 6.45) is -1.27. The highest BCUT2D eigenvalue weighted by atomic mass is 32.2. The first-order chi connectivity index (χ1) is 23.8. The maximum atomic E-state index is 13.4. The predicted octanol–water partition coefficient (Wildman–Crippen LogP) is 2.70. The summed E-state index contributed by atoms with van der Waals surface area (Å²) in [5.41, 5.74) is 1.39. The number of nitro benzene ring substituents is 2. The maximum absolute atomic E-state index is 13.4. The van der Waals surface area contributed by atoms with E-state index in [1.165, 1.54) is 53.4 Å². The van der Waals surface area contributed by atoms with Crippen LogP contribution in [0.3, 0.4) is 0 Å². The number of carbonyl (C=O) groups is 3. The number of thiol groups is 1. The number of aliphatic imine (C=N–C) groups is 1. The average Bonchev–Trinajstić information content (AvgIpc) is 3.47. The molecule has 2 aliphatic heterocycles. The van der Waals surface area contributed by atoms with Crippen molar-refractivity contribution in [2.75, 3.05) is 32.7 Å². The van der Waals surface area contributed by atoms with Crippen LogP contribution >= 0.6 is 12.6 Å². The molecule has 2 aliphatic rings. The van der Waals surface area contributed by atoms with Crippen molar-refractivity contribution in [3.8, 4) is 0 Å². The number of halogens is 3. The molecule has 0 aliphatic carbocycles. The van der Waals surface area contributed by atoms with Crippen molar-refractivity contribution in [3.05, 3.63) is 79.9 Å². The number of piperazine rings is 1. The Hall–Kier alpha value is -5.23. The number of guanidine groups is 1. The molecule has 19 nitrogen and oxygen atoms in total. The van der Waals surface area contributed by atoms with Gasteiger partial charge in [0.05, 0.1) is 9.85 Å². The SMILES string of the molecule is N/C(=N\C(=O)OCc1ccc([N+](=O)[O-])cc1)N1CCN(C(=O)[C@@H]2C[C@H](S)CN2C(=O)OCc2ccc([N+](=O)[O-])cc2)CC1.O=S(=O)(O)C(F)(F)F. The third-order valence-corrected chi connectivity index (χ3v) is 8.19. The number of ether oxygens (including phenoxy) is 2. The standard InChI is InChI=1S/C26H29N7O9S.CHF3O3S/c27-24(28-25(35)41-15-17-1-5-19(6-2-17)32(37)38)30-11-9-29(10-12-30)23(34)22-13-21(43)14-31(22)26(36)42-16-18-3-7-20(8-4-18)33(39)40;2-1(3,4)8(5,6)7/h1-8,21-22,43H,9-16H2,(H2,27,28,35);(H,5,6,7)/t21-,22-;/m0./s1. The Kier molecular flexibility index (Phi) is 13.5. The normalized spacial score (nSPS) is 18.0. The first kappa shape index (κ1) is 40.2. The molecule has 0 saturated carbocycles. The molecule has 2 fully saturated rings. The van der Waals surface area contributed by atoms with Crippen LogP contribution in [0.25, 0.3) is 0 Å². The van der Waals surface area contributed by atoms with E-state index in [2.05, 4.69) is 17.6 Å². The highest BCUT2D eigenvalue weighted by Gasteiger charge is 2.44. The molecule has 0 bridgehead atoms. The van der Waals surface area contributed by atoms with Gasteiger partial charge in [0, 0.05) is 62.2 Å². The number of alkyl halides is 3. The third kappa shape index (κ3) is 11.7. The van der Waals surface area contributed by atoms with Crippen molar-refractivity contribution < 1.29 is 59.8 Å². The van der Waals surface area contributed by atoms with Gasteiger partial charge in [0.1, 0.15) is 19.3 Å². The van der Waals surface area contributed by atoms with Gasteiger partial charge >= 0.3 is 27.8 Å². The zero-order valence-electron chi connectivity index (χ0n) is 26.1. The molecule has 0 unspecified atom stereocenters. The minimum atomic E-state index is -5.84. The molecule has 0 radical (unpaired) electrons. The van der Waals surface area contributed by atoms with E-state index in [9.17, 15) is 47.8 Å². The van der Waals surface area contributed by atoms with Crippen LogP contribution in [-0.4, -0.2) is 111 Å². The second-order valence-electron chi connectivity index (χ2n) is 10.7. The van der Waals surface area contributed by atoms with Crippen LogP contribution in [0.4, 0.5) is 34.1 Å². The monoisotopic (exact) mass is 765 g/mol. The first-order valence-electron chi connectivity index (χ1n) is 14.4. The molecular formula is C27H30F3N7O12S2. The van der Waals surface area contributed by atoms with Crippen LogP contribution in [0.15, 0.2) is 53.5 Å². The smallest absolute Gasteiger partial charge is 0.445 e. The van der Waals surface area contributed by atoms with Gasteiger partial charge in [-0.3, -0.25) is 34.5 Å². The summed E-state index contributed by atoms with van der Waals surface area (Å²) in [5, 5.41) is 21.3. The van der Waals surface area contributed by atoms with Gasteiger partial charge in [-0.1, -0.05) is 0 Å². The molecule has 2 aromatic rings. The summed E-state index contributed by atoms with van der Waals surface area (Å²) < 4.78 is 68.0. The number of amides is 3. The molecule has 2 atom stereocenters. The zero-order chi connectivity index (χ0) is 38.1. The van der Waals surface area contributed by atoms with Crippen molar-refractivity contribution in [2.24, 2.45) is 10.7 Å². The zero-order valence-corrected chi connectivity index (χ0v) is 27.8. The van der Waals surface area contributed by atoms with E-state index in [0.717, 1.165) is 0 Å². The number of nitro groups is 2. The van der Waals surface area contributed by atoms with Crippen LogP contribution < -0.4 is 5.73 Å². The summed E-state index contributed by atoms with van der Waals surface area (Å²) in [6.45, 7) is 1.09. The minimum absolute atomic E-state index is 0.0754. The Labute approximate surface area is 292 Å². The van der Waals surface area contributed by atoms with Gasteiger partial charge < -0.3 is 25.0 Å². The lowest BCUT2D eigenvalue weighted by Crippen LogP contribution is -2.56. The molecule has 2 heterocycles. The van der Waals surface area contributed by atoms with E-state index in [0.29, 0.717) is 17.5 Å². The van der Waals surface area contributed by atoms with E-state index in [1.807, 2.05) is 0 Å². The summed E-state index contributed by atoms with van der Waals surface area (Å²) in [6, 6.07) is 10.4. The Morgan fingerprint density at radius 2 is 1.33 bits per heavy atom. The largest absolute Gasteiger partial charge is 0.522 e. The Bertz CT molecular complexity index is 1740. The van der Waals surface area contributed by atoms with Gasteiger partial charge in [-0.25, -0.2) is 9.59 Å². The molecular weight excluding hydrogens is 735 g/mol. The van der Waals surface area contributed by atoms with Crippen molar-refractivity contribution in [1.82, 2.24) is 14.7 Å². The second kappa shape index (κ2) is 17.1. The van der Waals surface area contributed by atoms with E-state index in [4.69, 9.17) is 28.2 Å². The van der Waals surface area contributed by atoms with Crippen molar-refractivity contribution >= 4 is 58.2 Å². The van der Waals surface area contributed by atoms with E-state index in [1.54, 1.807) is 9.80 Å². The Morgan fingerprint density at radius 3 is 1.76 bits per heavy atom. The van der Waals surface area contributed by atoms with Gasteiger partial charge in [0.15, 0.2) is 0 Å². The van der Waals surface area contributed by atoms with Gasteiger partial charge in [-0.2, -0.15) is 34.2 Å². The molecule has 2 aromatic carbocycles. The highest BCUT2D eigenvalue weighted by Crippen LogP contribution is 2.26. The third-order valence-electron chi connectivity index (χ3n) is 7.23. The number of benzene rings is 2. The quantitative estimate of drug-likeness (QED) is 0.0697. The van der Waals surface area contributed by atoms with E-state index >= 15 is 0 Å². The summed E-state index contributed by atoms with van der Waals surface area (Å²) in [4.78, 5) is 67.2. The van der Waals surface area contributed by atoms with Crippen molar-refractivity contribution in [2.45, 2.75) is 36.4 Å². The average molecular weight is 766 g/mol. The number of nitrogens with two attached hydrogens (primary N) is 1. The number of hydrogen-bond donors (Lipinski definition) is 3. The summed E-state index contributed by atoms with van der Waals surface area (Å²) in [7, 11) is -5.84.